The normalized spacial score (nSPS) is 14.3. The number of carbonyl (C=O) groups is 1. The van der Waals surface area contributed by atoms with Crippen LogP contribution in [0.15, 0.2) is 28.8 Å². The standard InChI is InChI=1S/C14H15N3O2/c1-9-6-13(16-19-9)14(18)17-5-4-10-2-3-12(15)7-11(10)8-17/h2-3,6-7H,4-5,8,15H2,1H3. The first-order valence-electron chi connectivity index (χ1n) is 6.23. The lowest BCUT2D eigenvalue weighted by Gasteiger charge is -2.28. The van der Waals surface area contributed by atoms with Crippen molar-refractivity contribution in [3.63, 3.8) is 0 Å². The van der Waals surface area contributed by atoms with E-state index in [1.54, 1.807) is 17.9 Å². The maximum atomic E-state index is 12.3. The van der Waals surface area contributed by atoms with Gasteiger partial charge in [0, 0.05) is 24.8 Å². The van der Waals surface area contributed by atoms with E-state index in [0.29, 0.717) is 24.5 Å². The van der Waals surface area contributed by atoms with Gasteiger partial charge < -0.3 is 15.2 Å². The molecule has 3 rings (SSSR count). The van der Waals surface area contributed by atoms with Crippen LogP contribution in [0.5, 0.6) is 0 Å². The first-order chi connectivity index (χ1) is 9.13. The fourth-order valence-electron chi connectivity index (χ4n) is 2.38. The highest BCUT2D eigenvalue weighted by atomic mass is 16.5. The first-order valence-corrected chi connectivity index (χ1v) is 6.23. The number of rotatable bonds is 1. The highest BCUT2D eigenvalue weighted by Gasteiger charge is 2.23. The Morgan fingerprint density at radius 1 is 1.37 bits per heavy atom. The molecule has 1 aliphatic heterocycles. The number of carbonyl (C=O) groups excluding carboxylic acids is 1. The summed E-state index contributed by atoms with van der Waals surface area (Å²) in [6.07, 6.45) is 0.845. The van der Waals surface area contributed by atoms with Crippen LogP contribution in [0.4, 0.5) is 5.69 Å². The summed E-state index contributed by atoms with van der Waals surface area (Å²) in [5.74, 6) is 0.551. The number of anilines is 1. The molecule has 5 heteroatoms. The SMILES string of the molecule is Cc1cc(C(=O)N2CCc3ccc(N)cc3C2)no1. The topological polar surface area (TPSA) is 72.4 Å². The third kappa shape index (κ3) is 2.19. The van der Waals surface area contributed by atoms with Gasteiger partial charge in [-0.1, -0.05) is 11.2 Å². The Labute approximate surface area is 111 Å². The molecule has 0 saturated heterocycles. The Hall–Kier alpha value is -2.30. The number of hydrogen-bond acceptors (Lipinski definition) is 4. The van der Waals surface area contributed by atoms with E-state index in [2.05, 4.69) is 5.16 Å². The van der Waals surface area contributed by atoms with E-state index in [-0.39, 0.29) is 5.91 Å². The molecule has 2 heterocycles. The number of aryl methyl sites for hydroxylation is 1. The van der Waals surface area contributed by atoms with Gasteiger partial charge in [0.25, 0.3) is 5.91 Å². The molecule has 0 bridgehead atoms. The van der Waals surface area contributed by atoms with Gasteiger partial charge in [0.15, 0.2) is 5.69 Å². The van der Waals surface area contributed by atoms with Crippen molar-refractivity contribution in [1.29, 1.82) is 0 Å². The van der Waals surface area contributed by atoms with Crippen LogP contribution in [0.25, 0.3) is 0 Å². The molecule has 1 amide bonds. The molecule has 0 spiro atoms. The zero-order valence-corrected chi connectivity index (χ0v) is 10.7. The van der Waals surface area contributed by atoms with Crippen LogP contribution in [0.2, 0.25) is 0 Å². The fraction of sp³-hybridized carbons (Fsp3) is 0.286. The van der Waals surface area contributed by atoms with Crippen LogP contribution in [-0.2, 0) is 13.0 Å². The molecule has 0 saturated carbocycles. The van der Waals surface area contributed by atoms with Gasteiger partial charge in [-0.15, -0.1) is 0 Å². The summed E-state index contributed by atoms with van der Waals surface area (Å²) in [4.78, 5) is 14.1. The Morgan fingerprint density at radius 2 is 2.21 bits per heavy atom. The molecule has 19 heavy (non-hydrogen) atoms. The molecule has 2 N–H and O–H groups in total. The second kappa shape index (κ2) is 4.42. The second-order valence-corrected chi connectivity index (χ2v) is 4.83. The minimum Gasteiger partial charge on any atom is -0.399 e. The summed E-state index contributed by atoms with van der Waals surface area (Å²) >= 11 is 0. The number of benzene rings is 1. The molecule has 0 fully saturated rings. The Bertz CT molecular complexity index is 633. The largest absolute Gasteiger partial charge is 0.399 e. The summed E-state index contributed by atoms with van der Waals surface area (Å²) in [7, 11) is 0. The molecule has 98 valence electrons. The smallest absolute Gasteiger partial charge is 0.276 e. The van der Waals surface area contributed by atoms with Crippen molar-refractivity contribution in [3.05, 3.63) is 46.8 Å². The van der Waals surface area contributed by atoms with E-state index in [4.69, 9.17) is 10.3 Å². The molecule has 0 aliphatic carbocycles. The number of hydrogen-bond donors (Lipinski definition) is 1. The van der Waals surface area contributed by atoms with E-state index in [9.17, 15) is 4.79 Å². The maximum absolute atomic E-state index is 12.3. The monoisotopic (exact) mass is 257 g/mol. The molecular formula is C14H15N3O2. The minimum absolute atomic E-state index is 0.0927. The lowest BCUT2D eigenvalue weighted by Crippen LogP contribution is -2.36. The van der Waals surface area contributed by atoms with Gasteiger partial charge in [0.2, 0.25) is 0 Å². The third-order valence-corrected chi connectivity index (χ3v) is 3.38. The Kier molecular flexibility index (Phi) is 2.74. The van der Waals surface area contributed by atoms with Crippen molar-refractivity contribution < 1.29 is 9.32 Å². The molecule has 0 radical (unpaired) electrons. The van der Waals surface area contributed by atoms with Gasteiger partial charge in [-0.3, -0.25) is 4.79 Å². The Balaban J connectivity index is 1.83. The summed E-state index contributed by atoms with van der Waals surface area (Å²) in [6, 6.07) is 7.53. The molecule has 0 unspecified atom stereocenters. The zero-order valence-electron chi connectivity index (χ0n) is 10.7. The molecule has 1 aromatic carbocycles. The fourth-order valence-corrected chi connectivity index (χ4v) is 2.38. The number of fused-ring (bicyclic) bond motifs is 1. The van der Waals surface area contributed by atoms with Gasteiger partial charge in [-0.2, -0.15) is 0 Å². The van der Waals surface area contributed by atoms with Crippen LogP contribution >= 0.6 is 0 Å². The summed E-state index contributed by atoms with van der Waals surface area (Å²) < 4.78 is 4.95. The Morgan fingerprint density at radius 3 is 2.95 bits per heavy atom. The van der Waals surface area contributed by atoms with Crippen LogP contribution in [-0.4, -0.2) is 22.5 Å². The summed E-state index contributed by atoms with van der Waals surface area (Å²) in [5, 5.41) is 3.77. The van der Waals surface area contributed by atoms with Gasteiger partial charge in [0.1, 0.15) is 5.76 Å². The lowest BCUT2D eigenvalue weighted by atomic mass is 9.99. The first kappa shape index (κ1) is 11.8. The molecule has 2 aromatic rings. The van der Waals surface area contributed by atoms with Crippen molar-refractivity contribution in [1.82, 2.24) is 10.1 Å². The van der Waals surface area contributed by atoms with Crippen molar-refractivity contribution >= 4 is 11.6 Å². The van der Waals surface area contributed by atoms with Gasteiger partial charge in [0.05, 0.1) is 0 Å². The van der Waals surface area contributed by atoms with Crippen molar-refractivity contribution in [3.8, 4) is 0 Å². The average Bonchev–Trinajstić information content (AvgIpc) is 2.83. The molecule has 1 aliphatic rings. The van der Waals surface area contributed by atoms with Crippen LogP contribution in [0.1, 0.15) is 27.4 Å². The predicted octanol–water partition coefficient (Wildman–Crippen LogP) is 1.76. The second-order valence-electron chi connectivity index (χ2n) is 4.83. The van der Waals surface area contributed by atoms with Crippen LogP contribution in [0.3, 0.4) is 0 Å². The van der Waals surface area contributed by atoms with E-state index in [1.807, 2.05) is 18.2 Å². The number of nitrogen functional groups attached to an aromatic ring is 1. The number of nitrogens with zero attached hydrogens (tertiary/aromatic N) is 2. The van der Waals surface area contributed by atoms with Crippen molar-refractivity contribution in [2.45, 2.75) is 19.9 Å². The predicted molar refractivity (Wildman–Crippen MR) is 70.5 cm³/mol. The van der Waals surface area contributed by atoms with Crippen molar-refractivity contribution in [2.24, 2.45) is 0 Å². The van der Waals surface area contributed by atoms with Gasteiger partial charge in [-0.05, 0) is 36.6 Å². The minimum atomic E-state index is -0.0927. The maximum Gasteiger partial charge on any atom is 0.276 e. The highest BCUT2D eigenvalue weighted by molar-refractivity contribution is 5.92. The quantitative estimate of drug-likeness (QED) is 0.790. The summed E-state index contributed by atoms with van der Waals surface area (Å²) in [6.45, 7) is 3.04. The van der Waals surface area contributed by atoms with E-state index < -0.39 is 0 Å². The van der Waals surface area contributed by atoms with Gasteiger partial charge >= 0.3 is 0 Å². The average molecular weight is 257 g/mol. The van der Waals surface area contributed by atoms with Crippen molar-refractivity contribution in [2.75, 3.05) is 12.3 Å². The third-order valence-electron chi connectivity index (χ3n) is 3.38. The van der Waals surface area contributed by atoms with E-state index in [0.717, 1.165) is 17.7 Å². The molecule has 5 nitrogen and oxygen atoms in total. The van der Waals surface area contributed by atoms with Crippen LogP contribution in [0, 0.1) is 6.92 Å². The van der Waals surface area contributed by atoms with Crippen LogP contribution < -0.4 is 5.73 Å². The van der Waals surface area contributed by atoms with Gasteiger partial charge in [-0.25, -0.2) is 0 Å². The highest BCUT2D eigenvalue weighted by Crippen LogP contribution is 2.22. The number of aromatic nitrogens is 1. The number of amides is 1. The molecule has 1 aromatic heterocycles. The molecule has 0 atom stereocenters. The van der Waals surface area contributed by atoms with E-state index in [1.165, 1.54) is 5.56 Å². The summed E-state index contributed by atoms with van der Waals surface area (Å²) in [5.41, 5.74) is 9.25. The molecular weight excluding hydrogens is 242 g/mol. The van der Waals surface area contributed by atoms with E-state index >= 15 is 0 Å². The lowest BCUT2D eigenvalue weighted by molar-refractivity contribution is 0.0724. The zero-order chi connectivity index (χ0) is 13.4. The number of nitrogens with two attached hydrogens (primary N) is 1.